The summed E-state index contributed by atoms with van der Waals surface area (Å²) in [6.45, 7) is 6.12. The number of hydrogen-bond donors (Lipinski definition) is 1. The smallest absolute Gasteiger partial charge is 0.193 e. The minimum atomic E-state index is 0.0625. The fraction of sp³-hybridized carbons (Fsp3) is 0.278. The van der Waals surface area contributed by atoms with Gasteiger partial charge in [0.15, 0.2) is 5.78 Å². The predicted molar refractivity (Wildman–Crippen MR) is 84.2 cm³/mol. The van der Waals surface area contributed by atoms with Crippen LogP contribution in [0.1, 0.15) is 46.5 Å². The summed E-state index contributed by atoms with van der Waals surface area (Å²) in [6, 6.07) is 11.7. The number of carbonyl (C=O) groups excluding carboxylic acids is 1. The zero-order valence-electron chi connectivity index (χ0n) is 12.4. The molecule has 0 saturated carbocycles. The Labute approximate surface area is 120 Å². The number of anilines is 1. The molecular weight excluding hydrogens is 246 g/mol. The number of nitrogen functional groups attached to an aromatic ring is 1. The lowest BCUT2D eigenvalue weighted by molar-refractivity contribution is 0.103. The summed E-state index contributed by atoms with van der Waals surface area (Å²) < 4.78 is 0. The van der Waals surface area contributed by atoms with E-state index in [1.165, 1.54) is 5.56 Å². The Morgan fingerprint density at radius 1 is 1.05 bits per heavy atom. The van der Waals surface area contributed by atoms with Crippen molar-refractivity contribution in [3.63, 3.8) is 0 Å². The van der Waals surface area contributed by atoms with E-state index in [4.69, 9.17) is 5.73 Å². The largest absolute Gasteiger partial charge is 0.399 e. The van der Waals surface area contributed by atoms with Crippen LogP contribution in [0.3, 0.4) is 0 Å². The van der Waals surface area contributed by atoms with Crippen LogP contribution in [0.25, 0.3) is 0 Å². The van der Waals surface area contributed by atoms with Gasteiger partial charge < -0.3 is 5.73 Å². The molecule has 2 nitrogen and oxygen atoms in total. The second-order valence-corrected chi connectivity index (χ2v) is 5.16. The van der Waals surface area contributed by atoms with Crippen molar-refractivity contribution < 1.29 is 4.79 Å². The van der Waals surface area contributed by atoms with Crippen molar-refractivity contribution in [3.05, 3.63) is 64.2 Å². The second-order valence-electron chi connectivity index (χ2n) is 5.16. The molecular formula is C18H21NO. The molecule has 0 fully saturated rings. The lowest BCUT2D eigenvalue weighted by Gasteiger charge is -2.10. The molecule has 0 aliphatic rings. The van der Waals surface area contributed by atoms with E-state index in [1.54, 1.807) is 6.07 Å². The first-order chi connectivity index (χ1) is 9.55. The number of hydrogen-bond acceptors (Lipinski definition) is 2. The molecule has 0 amide bonds. The average Bonchev–Trinajstić information content (AvgIpc) is 2.44. The number of nitrogens with two attached hydrogens (primary N) is 1. The number of benzene rings is 2. The Bertz CT molecular complexity index is 624. The van der Waals surface area contributed by atoms with Gasteiger partial charge in [-0.25, -0.2) is 0 Å². The van der Waals surface area contributed by atoms with Crippen LogP contribution < -0.4 is 5.73 Å². The lowest BCUT2D eigenvalue weighted by Crippen LogP contribution is -2.07. The Balaban J connectivity index is 2.51. The lowest BCUT2D eigenvalue weighted by atomic mass is 9.93. The summed E-state index contributed by atoms with van der Waals surface area (Å²) in [5.41, 5.74) is 11.2. The van der Waals surface area contributed by atoms with Crippen LogP contribution in [0.5, 0.6) is 0 Å². The molecule has 20 heavy (non-hydrogen) atoms. The zero-order valence-corrected chi connectivity index (χ0v) is 12.4. The molecule has 2 aromatic rings. The van der Waals surface area contributed by atoms with Gasteiger partial charge in [0.1, 0.15) is 0 Å². The van der Waals surface area contributed by atoms with Crippen molar-refractivity contribution >= 4 is 11.5 Å². The van der Waals surface area contributed by atoms with Gasteiger partial charge in [-0.15, -0.1) is 0 Å². The fourth-order valence-electron chi connectivity index (χ4n) is 2.46. The summed E-state index contributed by atoms with van der Waals surface area (Å²) >= 11 is 0. The maximum atomic E-state index is 12.7. The summed E-state index contributed by atoms with van der Waals surface area (Å²) in [6.07, 6.45) is 1.78. The van der Waals surface area contributed by atoms with Gasteiger partial charge in [0.2, 0.25) is 0 Å². The van der Waals surface area contributed by atoms with Crippen LogP contribution in [0.15, 0.2) is 36.4 Å². The highest BCUT2D eigenvalue weighted by atomic mass is 16.1. The van der Waals surface area contributed by atoms with Gasteiger partial charge in [-0.1, -0.05) is 26.0 Å². The van der Waals surface area contributed by atoms with Crippen molar-refractivity contribution in [2.24, 2.45) is 0 Å². The van der Waals surface area contributed by atoms with Crippen molar-refractivity contribution in [2.75, 3.05) is 5.73 Å². The zero-order chi connectivity index (χ0) is 14.7. The first kappa shape index (κ1) is 14.3. The standard InChI is InChI=1S/C18H21NO/c1-4-13-6-7-14(5-2)17(10-13)18(20)15-8-12(3)9-16(19)11-15/h6-11H,4-5,19H2,1-3H3. The quantitative estimate of drug-likeness (QED) is 0.673. The van der Waals surface area contributed by atoms with Gasteiger partial charge in [0.05, 0.1) is 0 Å². The van der Waals surface area contributed by atoms with Crippen molar-refractivity contribution in [1.29, 1.82) is 0 Å². The van der Waals surface area contributed by atoms with E-state index >= 15 is 0 Å². The van der Waals surface area contributed by atoms with Gasteiger partial charge in [-0.3, -0.25) is 4.79 Å². The Hall–Kier alpha value is -2.09. The molecule has 104 valence electrons. The van der Waals surface area contributed by atoms with Crippen LogP contribution in [0.2, 0.25) is 0 Å². The van der Waals surface area contributed by atoms with Gasteiger partial charge in [-0.05, 0) is 60.7 Å². The molecule has 2 rings (SSSR count). The van der Waals surface area contributed by atoms with E-state index < -0.39 is 0 Å². The molecule has 2 aromatic carbocycles. The molecule has 0 radical (unpaired) electrons. The second kappa shape index (κ2) is 5.91. The summed E-state index contributed by atoms with van der Waals surface area (Å²) in [4.78, 5) is 12.7. The summed E-state index contributed by atoms with van der Waals surface area (Å²) in [7, 11) is 0. The number of ketones is 1. The van der Waals surface area contributed by atoms with Crippen LogP contribution in [0.4, 0.5) is 5.69 Å². The molecule has 0 unspecified atom stereocenters. The van der Waals surface area contributed by atoms with Crippen LogP contribution >= 0.6 is 0 Å². The number of aryl methyl sites for hydroxylation is 3. The molecule has 0 atom stereocenters. The van der Waals surface area contributed by atoms with E-state index in [-0.39, 0.29) is 5.78 Å². The van der Waals surface area contributed by atoms with Crippen LogP contribution in [-0.2, 0) is 12.8 Å². The first-order valence-corrected chi connectivity index (χ1v) is 7.08. The van der Waals surface area contributed by atoms with Crippen molar-refractivity contribution in [3.8, 4) is 0 Å². The van der Waals surface area contributed by atoms with Crippen molar-refractivity contribution in [2.45, 2.75) is 33.6 Å². The summed E-state index contributed by atoms with van der Waals surface area (Å²) in [5.74, 6) is 0.0625. The molecule has 2 N–H and O–H groups in total. The van der Waals surface area contributed by atoms with Gasteiger partial charge in [-0.2, -0.15) is 0 Å². The highest BCUT2D eigenvalue weighted by Crippen LogP contribution is 2.20. The fourth-order valence-corrected chi connectivity index (χ4v) is 2.46. The minimum absolute atomic E-state index is 0.0625. The van der Waals surface area contributed by atoms with E-state index in [1.807, 2.05) is 25.1 Å². The highest BCUT2D eigenvalue weighted by Gasteiger charge is 2.14. The molecule has 0 saturated heterocycles. The molecule has 0 spiro atoms. The van der Waals surface area contributed by atoms with E-state index in [9.17, 15) is 4.79 Å². The minimum Gasteiger partial charge on any atom is -0.399 e. The Morgan fingerprint density at radius 3 is 2.40 bits per heavy atom. The van der Waals surface area contributed by atoms with E-state index in [2.05, 4.69) is 26.0 Å². The molecule has 2 heteroatoms. The van der Waals surface area contributed by atoms with Gasteiger partial charge in [0, 0.05) is 16.8 Å². The van der Waals surface area contributed by atoms with Gasteiger partial charge in [0.25, 0.3) is 0 Å². The Morgan fingerprint density at radius 2 is 1.80 bits per heavy atom. The predicted octanol–water partition coefficient (Wildman–Crippen LogP) is 3.93. The van der Waals surface area contributed by atoms with Crippen LogP contribution in [-0.4, -0.2) is 5.78 Å². The summed E-state index contributed by atoms with van der Waals surface area (Å²) in [5, 5.41) is 0. The van der Waals surface area contributed by atoms with E-state index in [0.29, 0.717) is 11.3 Å². The third kappa shape index (κ3) is 2.90. The monoisotopic (exact) mass is 267 g/mol. The van der Waals surface area contributed by atoms with E-state index in [0.717, 1.165) is 29.5 Å². The first-order valence-electron chi connectivity index (χ1n) is 7.08. The highest BCUT2D eigenvalue weighted by molar-refractivity contribution is 6.10. The normalized spacial score (nSPS) is 10.6. The third-order valence-electron chi connectivity index (χ3n) is 3.57. The van der Waals surface area contributed by atoms with Gasteiger partial charge >= 0.3 is 0 Å². The molecule has 0 aromatic heterocycles. The molecule has 0 aliphatic carbocycles. The molecule has 0 aliphatic heterocycles. The number of rotatable bonds is 4. The van der Waals surface area contributed by atoms with Crippen molar-refractivity contribution in [1.82, 2.24) is 0 Å². The topological polar surface area (TPSA) is 43.1 Å². The number of carbonyl (C=O) groups is 1. The molecule has 0 heterocycles. The average molecular weight is 267 g/mol. The Kier molecular flexibility index (Phi) is 4.23. The maximum absolute atomic E-state index is 12.7. The third-order valence-corrected chi connectivity index (χ3v) is 3.57. The molecule has 0 bridgehead atoms. The SMILES string of the molecule is CCc1ccc(CC)c(C(=O)c2cc(C)cc(N)c2)c1. The van der Waals surface area contributed by atoms with Crippen LogP contribution in [0, 0.1) is 6.92 Å². The maximum Gasteiger partial charge on any atom is 0.193 e.